The summed E-state index contributed by atoms with van der Waals surface area (Å²) in [5, 5.41) is 3.92. The van der Waals surface area contributed by atoms with Crippen LogP contribution in [0.2, 0.25) is 0 Å². The maximum Gasteiger partial charge on any atom is 0.275 e. The fraction of sp³-hybridized carbons (Fsp3) is 0.0769. The van der Waals surface area contributed by atoms with Gasteiger partial charge in [0.05, 0.1) is 22.7 Å². The molecule has 1 N–H and O–H groups in total. The molecule has 1 aromatic heterocycles. The number of ether oxygens (including phenoxy) is 1. The predicted octanol–water partition coefficient (Wildman–Crippen LogP) is 3.28. The van der Waals surface area contributed by atoms with Crippen LogP contribution >= 0.6 is 27.3 Å². The summed E-state index contributed by atoms with van der Waals surface area (Å²) in [4.78, 5) is 12.9. The number of carbonyl (C=O) groups excluding carboxylic acids is 1. The standard InChI is InChI=1S/C13H11BrN2O2S/c1-18-11-5-3-2-4-10(11)13(17)16-15-8-9-6-7-12(14)19-9/h2-8H,1H3,(H,16,17)/b15-8-. The van der Waals surface area contributed by atoms with E-state index in [0.717, 1.165) is 8.66 Å². The quantitative estimate of drug-likeness (QED) is 0.687. The molecule has 1 amide bonds. The van der Waals surface area contributed by atoms with E-state index in [1.807, 2.05) is 18.2 Å². The van der Waals surface area contributed by atoms with Gasteiger partial charge in [-0.1, -0.05) is 12.1 Å². The molecule has 19 heavy (non-hydrogen) atoms. The van der Waals surface area contributed by atoms with Crippen molar-refractivity contribution in [3.63, 3.8) is 0 Å². The first-order valence-corrected chi connectivity index (χ1v) is 7.03. The molecule has 6 heteroatoms. The molecule has 1 aromatic carbocycles. The number of rotatable bonds is 4. The first kappa shape index (κ1) is 13.8. The summed E-state index contributed by atoms with van der Waals surface area (Å²) in [5.74, 6) is 0.221. The first-order valence-electron chi connectivity index (χ1n) is 5.42. The minimum Gasteiger partial charge on any atom is -0.496 e. The summed E-state index contributed by atoms with van der Waals surface area (Å²) >= 11 is 4.90. The summed E-state index contributed by atoms with van der Waals surface area (Å²) in [7, 11) is 1.53. The van der Waals surface area contributed by atoms with Crippen LogP contribution < -0.4 is 10.2 Å². The molecule has 2 rings (SSSR count). The van der Waals surface area contributed by atoms with Crippen molar-refractivity contribution in [3.8, 4) is 5.75 Å². The van der Waals surface area contributed by atoms with Gasteiger partial charge >= 0.3 is 0 Å². The van der Waals surface area contributed by atoms with E-state index in [9.17, 15) is 4.79 Å². The summed E-state index contributed by atoms with van der Waals surface area (Å²) in [6, 6.07) is 10.8. The van der Waals surface area contributed by atoms with Gasteiger partial charge in [-0.15, -0.1) is 11.3 Å². The number of benzene rings is 1. The van der Waals surface area contributed by atoms with E-state index in [1.165, 1.54) is 18.4 Å². The Kier molecular flexibility index (Phi) is 4.70. The molecule has 0 saturated heterocycles. The van der Waals surface area contributed by atoms with Crippen LogP contribution in [0.25, 0.3) is 0 Å². The van der Waals surface area contributed by atoms with Crippen LogP contribution in [0, 0.1) is 0 Å². The van der Waals surface area contributed by atoms with Crippen LogP contribution in [0.1, 0.15) is 15.2 Å². The third kappa shape index (κ3) is 3.65. The molecule has 1 heterocycles. The molecular weight excluding hydrogens is 328 g/mol. The molecule has 98 valence electrons. The van der Waals surface area contributed by atoms with Gasteiger partial charge in [0, 0.05) is 4.88 Å². The number of para-hydroxylation sites is 1. The molecule has 0 spiro atoms. The number of halogens is 1. The van der Waals surface area contributed by atoms with Crippen LogP contribution in [-0.2, 0) is 0 Å². The van der Waals surface area contributed by atoms with Crippen LogP contribution in [0.5, 0.6) is 5.75 Å². The molecule has 4 nitrogen and oxygen atoms in total. The van der Waals surface area contributed by atoms with E-state index >= 15 is 0 Å². The fourth-order valence-electron chi connectivity index (χ4n) is 1.44. The van der Waals surface area contributed by atoms with Crippen LogP contribution in [-0.4, -0.2) is 19.2 Å². The summed E-state index contributed by atoms with van der Waals surface area (Å²) in [6.07, 6.45) is 1.60. The van der Waals surface area contributed by atoms with E-state index in [-0.39, 0.29) is 5.91 Å². The lowest BCUT2D eigenvalue weighted by Crippen LogP contribution is -2.18. The van der Waals surface area contributed by atoms with Gasteiger partial charge in [-0.2, -0.15) is 5.10 Å². The highest BCUT2D eigenvalue weighted by Crippen LogP contribution is 2.20. The normalized spacial score (nSPS) is 10.6. The Bertz CT molecular complexity index is 610. The first-order chi connectivity index (χ1) is 9.20. The van der Waals surface area contributed by atoms with E-state index in [4.69, 9.17) is 4.74 Å². The predicted molar refractivity (Wildman–Crippen MR) is 80.1 cm³/mol. The Morgan fingerprint density at radius 1 is 1.37 bits per heavy atom. The third-order valence-corrected chi connectivity index (χ3v) is 3.86. The molecule has 0 saturated carbocycles. The van der Waals surface area contributed by atoms with Gasteiger partial charge < -0.3 is 4.74 Å². The van der Waals surface area contributed by atoms with Gasteiger partial charge in [-0.05, 0) is 40.2 Å². The molecule has 0 atom stereocenters. The van der Waals surface area contributed by atoms with Crippen molar-refractivity contribution in [2.45, 2.75) is 0 Å². The van der Waals surface area contributed by atoms with Crippen molar-refractivity contribution >= 4 is 39.4 Å². The highest BCUT2D eigenvalue weighted by atomic mass is 79.9. The van der Waals surface area contributed by atoms with Crippen molar-refractivity contribution in [2.24, 2.45) is 5.10 Å². The van der Waals surface area contributed by atoms with E-state index in [0.29, 0.717) is 11.3 Å². The summed E-state index contributed by atoms with van der Waals surface area (Å²) in [5.41, 5.74) is 2.93. The number of carbonyl (C=O) groups is 1. The average Bonchev–Trinajstić information content (AvgIpc) is 2.84. The molecule has 0 unspecified atom stereocenters. The largest absolute Gasteiger partial charge is 0.496 e. The smallest absolute Gasteiger partial charge is 0.275 e. The second kappa shape index (κ2) is 6.49. The van der Waals surface area contributed by atoms with Gasteiger partial charge in [-0.3, -0.25) is 4.79 Å². The highest BCUT2D eigenvalue weighted by molar-refractivity contribution is 9.11. The fourth-order valence-corrected chi connectivity index (χ4v) is 2.74. The van der Waals surface area contributed by atoms with Gasteiger partial charge in [0.1, 0.15) is 5.75 Å². The van der Waals surface area contributed by atoms with Gasteiger partial charge in [0.15, 0.2) is 0 Å². The Balaban J connectivity index is 2.03. The van der Waals surface area contributed by atoms with Gasteiger partial charge in [-0.25, -0.2) is 5.43 Å². The molecule has 0 aliphatic carbocycles. The Morgan fingerprint density at radius 3 is 2.84 bits per heavy atom. The molecule has 2 aromatic rings. The van der Waals surface area contributed by atoms with Gasteiger partial charge in [0.25, 0.3) is 5.91 Å². The van der Waals surface area contributed by atoms with Crippen LogP contribution in [0.15, 0.2) is 45.3 Å². The Morgan fingerprint density at radius 2 is 2.16 bits per heavy atom. The number of hydrogen-bond acceptors (Lipinski definition) is 4. The van der Waals surface area contributed by atoms with Crippen molar-refractivity contribution in [1.29, 1.82) is 0 Å². The molecule has 0 radical (unpaired) electrons. The molecule has 0 aliphatic rings. The molecule has 0 aliphatic heterocycles. The average molecular weight is 339 g/mol. The highest BCUT2D eigenvalue weighted by Gasteiger charge is 2.09. The van der Waals surface area contributed by atoms with E-state index in [1.54, 1.807) is 24.4 Å². The van der Waals surface area contributed by atoms with Crippen molar-refractivity contribution in [3.05, 3.63) is 50.6 Å². The van der Waals surface area contributed by atoms with E-state index < -0.39 is 0 Å². The zero-order chi connectivity index (χ0) is 13.7. The number of amides is 1. The maximum atomic E-state index is 11.9. The Labute approximate surface area is 123 Å². The zero-order valence-corrected chi connectivity index (χ0v) is 12.5. The third-order valence-electron chi connectivity index (χ3n) is 2.30. The number of hydrazone groups is 1. The molecule has 0 fully saturated rings. The topological polar surface area (TPSA) is 50.7 Å². The summed E-state index contributed by atoms with van der Waals surface area (Å²) in [6.45, 7) is 0. The summed E-state index contributed by atoms with van der Waals surface area (Å²) < 4.78 is 6.14. The number of methoxy groups -OCH3 is 1. The number of nitrogens with one attached hydrogen (secondary N) is 1. The zero-order valence-electron chi connectivity index (χ0n) is 10.1. The van der Waals surface area contributed by atoms with Crippen LogP contribution in [0.4, 0.5) is 0 Å². The molecular formula is C13H11BrN2O2S. The second-order valence-electron chi connectivity index (χ2n) is 3.54. The number of thiophene rings is 1. The minimum absolute atomic E-state index is 0.302. The Hall–Kier alpha value is -1.66. The SMILES string of the molecule is COc1ccccc1C(=O)N/N=C\c1ccc(Br)s1. The monoisotopic (exact) mass is 338 g/mol. The lowest BCUT2D eigenvalue weighted by molar-refractivity contribution is 0.0952. The maximum absolute atomic E-state index is 11.9. The van der Waals surface area contributed by atoms with Crippen molar-refractivity contribution < 1.29 is 9.53 Å². The lowest BCUT2D eigenvalue weighted by atomic mass is 10.2. The van der Waals surface area contributed by atoms with Crippen molar-refractivity contribution in [2.75, 3.05) is 7.11 Å². The number of nitrogens with zero attached hydrogens (tertiary/aromatic N) is 1. The van der Waals surface area contributed by atoms with Gasteiger partial charge in [0.2, 0.25) is 0 Å². The lowest BCUT2D eigenvalue weighted by Gasteiger charge is -2.05. The van der Waals surface area contributed by atoms with Crippen LogP contribution in [0.3, 0.4) is 0 Å². The van der Waals surface area contributed by atoms with E-state index in [2.05, 4.69) is 26.5 Å². The molecule has 0 bridgehead atoms. The van der Waals surface area contributed by atoms with Crippen molar-refractivity contribution in [1.82, 2.24) is 5.43 Å². The number of hydrogen-bond donors (Lipinski definition) is 1. The minimum atomic E-state index is -0.302. The second-order valence-corrected chi connectivity index (χ2v) is 6.04.